The summed E-state index contributed by atoms with van der Waals surface area (Å²) in [5, 5.41) is 0. The summed E-state index contributed by atoms with van der Waals surface area (Å²) in [5.41, 5.74) is 6.84. The first-order valence-electron chi connectivity index (χ1n) is 6.86. The molecule has 0 aromatic heterocycles. The molecule has 0 radical (unpaired) electrons. The minimum absolute atomic E-state index is 0. The molecule has 24 heavy (non-hydrogen) atoms. The number of alkyl halides is 6. The molecule has 0 aliphatic carbocycles. The molecule has 2 aliphatic heterocycles. The second-order valence-electron chi connectivity index (χ2n) is 5.58. The lowest BCUT2D eigenvalue weighted by atomic mass is 10.2. The Labute approximate surface area is 208 Å². The lowest BCUT2D eigenvalue weighted by Gasteiger charge is -2.37. The van der Waals surface area contributed by atoms with E-state index >= 15 is 0 Å². The molecule has 10 heteroatoms. The molecule has 144 valence electrons. The third kappa shape index (κ3) is 12.2. The molecule has 2 rings (SSSR count). The van der Waals surface area contributed by atoms with Crippen molar-refractivity contribution in [2.45, 2.75) is 36.3 Å². The van der Waals surface area contributed by atoms with Crippen LogP contribution in [0.15, 0.2) is 22.3 Å². The Balaban J connectivity index is 0. The fourth-order valence-electron chi connectivity index (χ4n) is 2.38. The molecule has 2 heterocycles. The van der Waals surface area contributed by atoms with Crippen LogP contribution in [-0.4, -0.2) is 33.2 Å². The SMILES string of the molecule is CC1=C(C)C[P+]2(I)CC(C)=C(C)CP2C1.ClC(Cl)Cl.ClC(Cl)Cl.[I-]. The maximum Gasteiger partial charge on any atom is 0.180 e. The van der Waals surface area contributed by atoms with Gasteiger partial charge in [0.2, 0.25) is 0 Å². The zero-order valence-electron chi connectivity index (χ0n) is 13.9. The fraction of sp³-hybridized carbons (Fsp3) is 0.714. The Morgan fingerprint density at radius 3 is 1.25 bits per heavy atom. The van der Waals surface area contributed by atoms with E-state index in [4.69, 9.17) is 69.6 Å². The summed E-state index contributed by atoms with van der Waals surface area (Å²) in [7, 11) is 0.322. The predicted octanol–water partition coefficient (Wildman–Crippen LogP) is 6.43. The van der Waals surface area contributed by atoms with Gasteiger partial charge in [-0.3, -0.25) is 0 Å². The van der Waals surface area contributed by atoms with Gasteiger partial charge in [-0.05, 0) is 38.8 Å². The van der Waals surface area contributed by atoms with Crippen molar-refractivity contribution in [3.63, 3.8) is 0 Å². The van der Waals surface area contributed by atoms with E-state index in [0.29, 0.717) is 7.61 Å². The molecule has 0 atom stereocenters. The van der Waals surface area contributed by atoms with Crippen molar-refractivity contribution >= 4 is 104 Å². The standard InChI is InChI=1S/C12H20IP2.2CHCl3.HI/c1-9-5-14-6-10(2)12(4)8-15(14,13)7-11(9)3;2*2-1(3)4;/h5-8H2,1-4H3;2*1H;1H/q+1;;;/p-1. The highest BCUT2D eigenvalue weighted by Gasteiger charge is 2.49. The lowest BCUT2D eigenvalue weighted by molar-refractivity contribution is -0.00000443. The summed E-state index contributed by atoms with van der Waals surface area (Å²) in [6.07, 6.45) is 5.80. The number of hydrogen-bond donors (Lipinski definition) is 0. The highest BCUT2D eigenvalue weighted by molar-refractivity contribution is 14.2. The van der Waals surface area contributed by atoms with Crippen molar-refractivity contribution in [3.05, 3.63) is 22.3 Å². The molecule has 0 saturated carbocycles. The monoisotopic (exact) mass is 716 g/mol. The molecule has 0 amide bonds. The van der Waals surface area contributed by atoms with Gasteiger partial charge in [0.1, 0.15) is 4.59 Å². The zero-order chi connectivity index (χ0) is 18.4. The quantitative estimate of drug-likeness (QED) is 0.117. The van der Waals surface area contributed by atoms with Gasteiger partial charge in [0.25, 0.3) is 0 Å². The molecule has 0 saturated heterocycles. The van der Waals surface area contributed by atoms with Crippen LogP contribution < -0.4 is 24.0 Å². The Hall–Kier alpha value is 3.54. The smallest absolute Gasteiger partial charge is 0.180 e. The van der Waals surface area contributed by atoms with Gasteiger partial charge in [-0.15, -0.1) is 0 Å². The Morgan fingerprint density at radius 2 is 1.00 bits per heavy atom. The molecule has 0 bridgehead atoms. The van der Waals surface area contributed by atoms with Crippen molar-refractivity contribution in [1.29, 1.82) is 0 Å². The third-order valence-electron chi connectivity index (χ3n) is 3.76. The van der Waals surface area contributed by atoms with Gasteiger partial charge >= 0.3 is 0 Å². The molecule has 0 aromatic rings. The first kappa shape index (κ1) is 29.7. The number of hydrogen-bond acceptors (Lipinski definition) is 0. The van der Waals surface area contributed by atoms with Crippen LogP contribution in [0.4, 0.5) is 0 Å². The minimum atomic E-state index is -0.750. The summed E-state index contributed by atoms with van der Waals surface area (Å²) >= 11 is 31.7. The van der Waals surface area contributed by atoms with Gasteiger partial charge in [-0.1, -0.05) is 80.8 Å². The van der Waals surface area contributed by atoms with E-state index in [2.05, 4.69) is 49.7 Å². The van der Waals surface area contributed by atoms with Gasteiger partial charge in [-0.2, -0.15) is 0 Å². The maximum atomic E-state index is 4.81. The van der Waals surface area contributed by atoms with Crippen molar-refractivity contribution < 1.29 is 24.0 Å². The maximum absolute atomic E-state index is 4.81. The van der Waals surface area contributed by atoms with Gasteiger partial charge in [0.15, 0.2) is 30.6 Å². The van der Waals surface area contributed by atoms with Crippen LogP contribution in [0.2, 0.25) is 0 Å². The third-order valence-corrected chi connectivity index (χ3v) is 20.6. The van der Waals surface area contributed by atoms with Crippen LogP contribution in [0.5, 0.6) is 0 Å². The van der Waals surface area contributed by atoms with E-state index in [0.717, 1.165) is 0 Å². The number of fused-ring (bicyclic) bond motifs is 1. The first-order chi connectivity index (χ1) is 10.4. The topological polar surface area (TPSA) is 0 Å². The molecular weight excluding hydrogens is 697 g/mol. The normalized spacial score (nSPS) is 26.1. The second-order valence-corrected chi connectivity index (χ2v) is 25.3. The summed E-state index contributed by atoms with van der Waals surface area (Å²) in [4.78, 5) is 0. The van der Waals surface area contributed by atoms with Crippen LogP contribution >= 0.6 is 104 Å². The van der Waals surface area contributed by atoms with E-state index in [9.17, 15) is 0 Å². The van der Waals surface area contributed by atoms with E-state index < -0.39 is 13.2 Å². The van der Waals surface area contributed by atoms with Crippen molar-refractivity contribution in [2.75, 3.05) is 24.6 Å². The molecule has 2 aliphatic rings. The minimum Gasteiger partial charge on any atom is -1.00 e. The van der Waals surface area contributed by atoms with Gasteiger partial charge < -0.3 is 24.0 Å². The Morgan fingerprint density at radius 1 is 0.750 bits per heavy atom. The largest absolute Gasteiger partial charge is 1.00 e. The summed E-state index contributed by atoms with van der Waals surface area (Å²) in [6, 6.07) is 0. The van der Waals surface area contributed by atoms with E-state index in [-0.39, 0.29) is 24.0 Å². The molecular formula is C14H22Cl6I2P2. The van der Waals surface area contributed by atoms with Crippen molar-refractivity contribution in [1.82, 2.24) is 0 Å². The molecule has 0 aromatic carbocycles. The molecule has 0 nitrogen and oxygen atoms in total. The molecule has 0 unspecified atom stereocenters. The highest BCUT2D eigenvalue weighted by Crippen LogP contribution is 2.93. The summed E-state index contributed by atoms with van der Waals surface area (Å²) < 4.78 is -2.14. The molecule has 0 fully saturated rings. The average molecular weight is 719 g/mol. The highest BCUT2D eigenvalue weighted by atomic mass is 127. The zero-order valence-corrected chi connectivity index (χ0v) is 24.5. The Bertz CT molecular complexity index is 413. The van der Waals surface area contributed by atoms with E-state index in [1.807, 2.05) is 0 Å². The summed E-state index contributed by atoms with van der Waals surface area (Å²) in [5.74, 6) is 0. The predicted molar refractivity (Wildman–Crippen MR) is 127 cm³/mol. The summed E-state index contributed by atoms with van der Waals surface area (Å²) in [6.45, 7) is 9.45. The lowest BCUT2D eigenvalue weighted by Crippen LogP contribution is -3.00. The molecule has 0 N–H and O–H groups in total. The van der Waals surface area contributed by atoms with E-state index in [1.165, 1.54) is 24.6 Å². The first-order valence-corrected chi connectivity index (χ1v) is 16.8. The van der Waals surface area contributed by atoms with Crippen LogP contribution in [0.3, 0.4) is 0 Å². The number of allylic oxidation sites excluding steroid dienone is 4. The number of halogens is 8. The average Bonchev–Trinajstić information content (AvgIpc) is 2.32. The van der Waals surface area contributed by atoms with Gasteiger partial charge in [0, 0.05) is 12.3 Å². The van der Waals surface area contributed by atoms with Gasteiger partial charge in [0.05, 0.1) is 19.9 Å². The van der Waals surface area contributed by atoms with Gasteiger partial charge in [-0.25, -0.2) is 0 Å². The van der Waals surface area contributed by atoms with E-state index in [1.54, 1.807) is 22.3 Å². The van der Waals surface area contributed by atoms with Crippen LogP contribution in [0.1, 0.15) is 27.7 Å². The second kappa shape index (κ2) is 14.5. The number of rotatable bonds is 0. The fourth-order valence-corrected chi connectivity index (χ4v) is 18.2. The van der Waals surface area contributed by atoms with Crippen LogP contribution in [0, 0.1) is 0 Å². The van der Waals surface area contributed by atoms with Crippen molar-refractivity contribution in [2.24, 2.45) is 0 Å². The van der Waals surface area contributed by atoms with Crippen LogP contribution in [0.25, 0.3) is 0 Å². The van der Waals surface area contributed by atoms with Crippen LogP contribution in [-0.2, 0) is 0 Å². The van der Waals surface area contributed by atoms with Crippen molar-refractivity contribution in [3.8, 4) is 0 Å². The molecule has 0 spiro atoms. The Kier molecular flexibility index (Phi) is 18.0.